The van der Waals surface area contributed by atoms with Crippen LogP contribution in [0.5, 0.6) is 0 Å². The quantitative estimate of drug-likeness (QED) is 0.923. The van der Waals surface area contributed by atoms with Gasteiger partial charge < -0.3 is 5.73 Å². The molecule has 0 aliphatic rings. The van der Waals surface area contributed by atoms with Crippen molar-refractivity contribution in [3.05, 3.63) is 28.7 Å². The van der Waals surface area contributed by atoms with E-state index in [-0.39, 0.29) is 11.8 Å². The molecule has 0 aliphatic heterocycles. The maximum atomic E-state index is 11.9. The van der Waals surface area contributed by atoms with Crippen LogP contribution in [0.4, 0.5) is 0 Å². The van der Waals surface area contributed by atoms with Crippen LogP contribution in [-0.2, 0) is 9.84 Å². The molecule has 5 heteroatoms. The standard InChI is InChI=1S/C10H14BrNO2S/c1-2-8(12)7-15(13,14)10-6-4-3-5-9(10)11/h3-6,8H,2,7,12H2,1H3. The lowest BCUT2D eigenvalue weighted by atomic mass is 10.3. The monoisotopic (exact) mass is 291 g/mol. The van der Waals surface area contributed by atoms with Crippen LogP contribution in [0.25, 0.3) is 0 Å². The molecule has 1 atom stereocenters. The lowest BCUT2D eigenvalue weighted by Gasteiger charge is -2.10. The molecular weight excluding hydrogens is 278 g/mol. The molecule has 0 spiro atoms. The van der Waals surface area contributed by atoms with E-state index in [9.17, 15) is 8.42 Å². The van der Waals surface area contributed by atoms with Crippen molar-refractivity contribution in [3.8, 4) is 0 Å². The molecule has 0 saturated carbocycles. The second-order valence-electron chi connectivity index (χ2n) is 3.38. The molecule has 3 nitrogen and oxygen atoms in total. The molecule has 0 amide bonds. The highest BCUT2D eigenvalue weighted by Crippen LogP contribution is 2.22. The molecule has 0 aliphatic carbocycles. The topological polar surface area (TPSA) is 60.2 Å². The molecule has 0 fully saturated rings. The van der Waals surface area contributed by atoms with Crippen molar-refractivity contribution < 1.29 is 8.42 Å². The first kappa shape index (κ1) is 12.7. The van der Waals surface area contributed by atoms with E-state index in [1.165, 1.54) is 0 Å². The van der Waals surface area contributed by atoms with Gasteiger partial charge >= 0.3 is 0 Å². The van der Waals surface area contributed by atoms with Gasteiger partial charge in [-0.25, -0.2) is 8.42 Å². The van der Waals surface area contributed by atoms with E-state index < -0.39 is 9.84 Å². The SMILES string of the molecule is CCC(N)CS(=O)(=O)c1ccccc1Br. The number of halogens is 1. The van der Waals surface area contributed by atoms with Crippen LogP contribution in [0, 0.1) is 0 Å². The van der Waals surface area contributed by atoms with Crippen LogP contribution < -0.4 is 5.73 Å². The molecule has 1 unspecified atom stereocenters. The minimum absolute atomic E-state index is 0.00782. The molecule has 0 bridgehead atoms. The van der Waals surface area contributed by atoms with E-state index in [1.54, 1.807) is 24.3 Å². The molecule has 0 heterocycles. The van der Waals surface area contributed by atoms with Crippen molar-refractivity contribution in [2.45, 2.75) is 24.3 Å². The van der Waals surface area contributed by atoms with Crippen molar-refractivity contribution in [3.63, 3.8) is 0 Å². The van der Waals surface area contributed by atoms with Gasteiger partial charge in [-0.3, -0.25) is 0 Å². The molecule has 1 aromatic rings. The van der Waals surface area contributed by atoms with Crippen LogP contribution in [0.3, 0.4) is 0 Å². The highest BCUT2D eigenvalue weighted by atomic mass is 79.9. The first-order valence-corrected chi connectivity index (χ1v) is 7.14. The summed E-state index contributed by atoms with van der Waals surface area (Å²) in [5.74, 6) is -0.00782. The van der Waals surface area contributed by atoms with E-state index in [0.717, 1.165) is 0 Å². The number of hydrogen-bond acceptors (Lipinski definition) is 3. The average molecular weight is 292 g/mol. The fourth-order valence-corrected chi connectivity index (χ4v) is 3.84. The van der Waals surface area contributed by atoms with Crippen molar-refractivity contribution in [1.29, 1.82) is 0 Å². The number of rotatable bonds is 4. The summed E-state index contributed by atoms with van der Waals surface area (Å²) in [4.78, 5) is 0.314. The van der Waals surface area contributed by atoms with Gasteiger partial charge in [-0.1, -0.05) is 19.1 Å². The first-order valence-electron chi connectivity index (χ1n) is 4.70. The zero-order valence-electron chi connectivity index (χ0n) is 8.48. The smallest absolute Gasteiger partial charge is 0.181 e. The fraction of sp³-hybridized carbons (Fsp3) is 0.400. The minimum atomic E-state index is -3.27. The largest absolute Gasteiger partial charge is 0.327 e. The Balaban J connectivity index is 3.02. The summed E-state index contributed by atoms with van der Waals surface area (Å²) in [5, 5.41) is 0. The zero-order valence-corrected chi connectivity index (χ0v) is 10.9. The highest BCUT2D eigenvalue weighted by molar-refractivity contribution is 9.10. The van der Waals surface area contributed by atoms with Crippen LogP contribution in [0.15, 0.2) is 33.6 Å². The van der Waals surface area contributed by atoms with Gasteiger partial charge in [0.2, 0.25) is 0 Å². The summed E-state index contributed by atoms with van der Waals surface area (Å²) in [7, 11) is -3.27. The summed E-state index contributed by atoms with van der Waals surface area (Å²) < 4.78 is 24.4. The second-order valence-corrected chi connectivity index (χ2v) is 6.24. The molecule has 84 valence electrons. The molecule has 0 aromatic heterocycles. The number of benzene rings is 1. The van der Waals surface area contributed by atoms with Gasteiger partial charge in [-0.15, -0.1) is 0 Å². The molecule has 0 radical (unpaired) electrons. The molecule has 1 aromatic carbocycles. The third-order valence-corrected chi connectivity index (χ3v) is 4.98. The Labute approximate surface area is 98.7 Å². The Bertz CT molecular complexity index is 431. The zero-order chi connectivity index (χ0) is 11.5. The number of nitrogens with two attached hydrogens (primary N) is 1. The van der Waals surface area contributed by atoms with Gasteiger partial charge in [0.1, 0.15) is 0 Å². The van der Waals surface area contributed by atoms with Gasteiger partial charge in [0.05, 0.1) is 10.6 Å². The van der Waals surface area contributed by atoms with Crippen molar-refractivity contribution in [1.82, 2.24) is 0 Å². The van der Waals surface area contributed by atoms with E-state index in [0.29, 0.717) is 15.8 Å². The highest BCUT2D eigenvalue weighted by Gasteiger charge is 2.19. The van der Waals surface area contributed by atoms with E-state index in [2.05, 4.69) is 15.9 Å². The lowest BCUT2D eigenvalue weighted by molar-refractivity contribution is 0.583. The second kappa shape index (κ2) is 5.09. The van der Waals surface area contributed by atoms with Crippen LogP contribution in [0.1, 0.15) is 13.3 Å². The molecule has 0 saturated heterocycles. The Morgan fingerprint density at radius 2 is 2.00 bits per heavy atom. The van der Waals surface area contributed by atoms with Gasteiger partial charge in [0.25, 0.3) is 0 Å². The Hall–Kier alpha value is -0.390. The summed E-state index contributed by atoms with van der Waals surface area (Å²) in [5.41, 5.74) is 5.65. The van der Waals surface area contributed by atoms with Crippen LogP contribution in [-0.4, -0.2) is 20.2 Å². The number of hydrogen-bond donors (Lipinski definition) is 1. The van der Waals surface area contributed by atoms with Gasteiger partial charge in [0.15, 0.2) is 9.84 Å². The normalized spacial score (nSPS) is 13.8. The van der Waals surface area contributed by atoms with Crippen molar-refractivity contribution >= 4 is 25.8 Å². The van der Waals surface area contributed by atoms with E-state index in [1.807, 2.05) is 6.92 Å². The third kappa shape index (κ3) is 3.29. The van der Waals surface area contributed by atoms with Gasteiger partial charge in [0, 0.05) is 10.5 Å². The molecule has 1 rings (SSSR count). The fourth-order valence-electron chi connectivity index (χ4n) is 1.19. The Morgan fingerprint density at radius 1 is 1.40 bits per heavy atom. The Morgan fingerprint density at radius 3 is 2.53 bits per heavy atom. The molecule has 15 heavy (non-hydrogen) atoms. The first-order chi connectivity index (χ1) is 6.97. The minimum Gasteiger partial charge on any atom is -0.327 e. The summed E-state index contributed by atoms with van der Waals surface area (Å²) in [6.07, 6.45) is 0.656. The van der Waals surface area contributed by atoms with Crippen LogP contribution >= 0.6 is 15.9 Å². The predicted octanol–water partition coefficient (Wildman–Crippen LogP) is 1.96. The van der Waals surface area contributed by atoms with Crippen LogP contribution in [0.2, 0.25) is 0 Å². The molecular formula is C10H14BrNO2S. The summed E-state index contributed by atoms with van der Waals surface area (Å²) in [6, 6.07) is 6.48. The third-order valence-electron chi connectivity index (χ3n) is 2.13. The summed E-state index contributed by atoms with van der Waals surface area (Å²) in [6.45, 7) is 1.88. The summed E-state index contributed by atoms with van der Waals surface area (Å²) >= 11 is 3.22. The van der Waals surface area contributed by atoms with E-state index in [4.69, 9.17) is 5.73 Å². The Kier molecular flexibility index (Phi) is 4.31. The van der Waals surface area contributed by atoms with Gasteiger partial charge in [-0.05, 0) is 34.5 Å². The maximum absolute atomic E-state index is 11.9. The number of sulfone groups is 1. The van der Waals surface area contributed by atoms with E-state index >= 15 is 0 Å². The maximum Gasteiger partial charge on any atom is 0.181 e. The average Bonchev–Trinajstić information content (AvgIpc) is 2.17. The van der Waals surface area contributed by atoms with Crippen molar-refractivity contribution in [2.24, 2.45) is 5.73 Å². The molecule has 2 N–H and O–H groups in total. The lowest BCUT2D eigenvalue weighted by Crippen LogP contribution is -2.28. The van der Waals surface area contributed by atoms with Crippen molar-refractivity contribution in [2.75, 3.05) is 5.75 Å². The van der Waals surface area contributed by atoms with Gasteiger partial charge in [-0.2, -0.15) is 0 Å². The predicted molar refractivity (Wildman–Crippen MR) is 64.5 cm³/mol.